The first-order valence-corrected chi connectivity index (χ1v) is 9.43. The Hall–Kier alpha value is -4.28. The molecule has 11 heteroatoms. The summed E-state index contributed by atoms with van der Waals surface area (Å²) in [6.07, 6.45) is -1.98. The van der Waals surface area contributed by atoms with Crippen LogP contribution < -0.4 is 11.3 Å². The van der Waals surface area contributed by atoms with Gasteiger partial charge in [0, 0.05) is 0 Å². The third-order valence-corrected chi connectivity index (χ3v) is 5.04. The Morgan fingerprint density at radius 3 is 2.53 bits per heavy atom. The van der Waals surface area contributed by atoms with Crippen LogP contribution in [0, 0.1) is 0 Å². The standard InChI is InChI=1S/C21H14F3N7O/c22-21(23,24)13-6-2-4-8-15(13)31-16(29-14-7-3-1-5-12(14)20(31)32)9-30-11-28-17-18(25)26-10-27-19(17)30/h1-8,10-11H,9H2,(H2,25,26,27). The topological polar surface area (TPSA) is 105 Å². The fourth-order valence-electron chi connectivity index (χ4n) is 3.61. The lowest BCUT2D eigenvalue weighted by atomic mass is 10.1. The minimum Gasteiger partial charge on any atom is -0.382 e. The Morgan fingerprint density at radius 1 is 0.969 bits per heavy atom. The van der Waals surface area contributed by atoms with Crippen LogP contribution in [-0.4, -0.2) is 29.1 Å². The molecule has 0 saturated heterocycles. The number of nitrogens with two attached hydrogens (primary N) is 1. The number of aromatic nitrogens is 6. The molecule has 0 unspecified atom stereocenters. The van der Waals surface area contributed by atoms with E-state index in [1.54, 1.807) is 22.8 Å². The molecule has 5 aromatic rings. The van der Waals surface area contributed by atoms with Gasteiger partial charge < -0.3 is 10.3 Å². The Labute approximate surface area is 177 Å². The monoisotopic (exact) mass is 437 g/mol. The minimum atomic E-state index is -4.66. The van der Waals surface area contributed by atoms with Crippen molar-refractivity contribution in [2.24, 2.45) is 0 Å². The van der Waals surface area contributed by atoms with E-state index in [0.29, 0.717) is 16.7 Å². The first kappa shape index (κ1) is 19.7. The maximum absolute atomic E-state index is 13.8. The molecule has 0 aliphatic heterocycles. The molecule has 8 nitrogen and oxygen atoms in total. The lowest BCUT2D eigenvalue weighted by Crippen LogP contribution is -2.27. The molecule has 3 heterocycles. The molecule has 0 radical (unpaired) electrons. The summed E-state index contributed by atoms with van der Waals surface area (Å²) in [7, 11) is 0. The Kier molecular flexibility index (Phi) is 4.40. The molecule has 0 saturated carbocycles. The number of rotatable bonds is 3. The highest BCUT2D eigenvalue weighted by atomic mass is 19.4. The second-order valence-corrected chi connectivity index (χ2v) is 7.00. The second kappa shape index (κ2) is 7.15. The highest BCUT2D eigenvalue weighted by Gasteiger charge is 2.34. The molecule has 2 aromatic carbocycles. The number of para-hydroxylation sites is 2. The van der Waals surface area contributed by atoms with E-state index in [0.717, 1.165) is 10.6 Å². The predicted octanol–water partition coefficient (Wildman–Crippen LogP) is 3.17. The fourth-order valence-corrected chi connectivity index (χ4v) is 3.61. The number of alkyl halides is 3. The highest BCUT2D eigenvalue weighted by molar-refractivity contribution is 5.81. The summed E-state index contributed by atoms with van der Waals surface area (Å²) >= 11 is 0. The van der Waals surface area contributed by atoms with Gasteiger partial charge in [0.25, 0.3) is 5.56 Å². The van der Waals surface area contributed by atoms with Crippen molar-refractivity contribution in [3.05, 3.63) is 82.9 Å². The van der Waals surface area contributed by atoms with E-state index in [4.69, 9.17) is 5.73 Å². The smallest absolute Gasteiger partial charge is 0.382 e. The van der Waals surface area contributed by atoms with Crippen LogP contribution in [0.2, 0.25) is 0 Å². The summed E-state index contributed by atoms with van der Waals surface area (Å²) in [6.45, 7) is -0.0702. The Morgan fingerprint density at radius 2 is 1.72 bits per heavy atom. The van der Waals surface area contributed by atoms with Crippen molar-refractivity contribution >= 4 is 27.9 Å². The zero-order valence-corrected chi connectivity index (χ0v) is 16.3. The molecule has 0 aliphatic carbocycles. The molecular formula is C21H14F3N7O. The Balaban J connectivity index is 1.80. The normalized spacial score (nSPS) is 12.0. The summed E-state index contributed by atoms with van der Waals surface area (Å²) in [6, 6.07) is 11.4. The van der Waals surface area contributed by atoms with E-state index in [1.165, 1.54) is 36.9 Å². The van der Waals surface area contributed by atoms with E-state index >= 15 is 0 Å². The van der Waals surface area contributed by atoms with Gasteiger partial charge in [-0.15, -0.1) is 0 Å². The maximum Gasteiger partial charge on any atom is 0.418 e. The largest absolute Gasteiger partial charge is 0.418 e. The number of nitrogens with zero attached hydrogens (tertiary/aromatic N) is 6. The number of anilines is 1. The lowest BCUT2D eigenvalue weighted by molar-refractivity contribution is -0.137. The molecule has 32 heavy (non-hydrogen) atoms. The van der Waals surface area contributed by atoms with Gasteiger partial charge in [0.05, 0.1) is 35.0 Å². The van der Waals surface area contributed by atoms with E-state index in [9.17, 15) is 18.0 Å². The zero-order chi connectivity index (χ0) is 22.5. The highest BCUT2D eigenvalue weighted by Crippen LogP contribution is 2.34. The summed E-state index contributed by atoms with van der Waals surface area (Å²) in [5.41, 5.74) is 5.05. The van der Waals surface area contributed by atoms with Crippen LogP contribution in [0.5, 0.6) is 0 Å². The van der Waals surface area contributed by atoms with Gasteiger partial charge in [-0.3, -0.25) is 9.36 Å². The molecule has 0 aliphatic rings. The van der Waals surface area contributed by atoms with Crippen molar-refractivity contribution in [2.45, 2.75) is 12.7 Å². The van der Waals surface area contributed by atoms with Gasteiger partial charge in [-0.05, 0) is 24.3 Å². The van der Waals surface area contributed by atoms with Crippen molar-refractivity contribution in [1.82, 2.24) is 29.1 Å². The summed E-state index contributed by atoms with van der Waals surface area (Å²) in [5, 5.41) is 0.204. The first-order chi connectivity index (χ1) is 15.3. The van der Waals surface area contributed by atoms with Crippen LogP contribution in [0.1, 0.15) is 11.4 Å². The van der Waals surface area contributed by atoms with E-state index in [2.05, 4.69) is 19.9 Å². The quantitative estimate of drug-likeness (QED) is 0.465. The van der Waals surface area contributed by atoms with E-state index < -0.39 is 17.3 Å². The second-order valence-electron chi connectivity index (χ2n) is 7.00. The first-order valence-electron chi connectivity index (χ1n) is 9.43. The average Bonchev–Trinajstić information content (AvgIpc) is 3.18. The van der Waals surface area contributed by atoms with Gasteiger partial charge in [-0.1, -0.05) is 24.3 Å². The average molecular weight is 437 g/mol. The lowest BCUT2D eigenvalue weighted by Gasteiger charge is -2.18. The fraction of sp³-hybridized carbons (Fsp3) is 0.0952. The van der Waals surface area contributed by atoms with Crippen LogP contribution in [-0.2, 0) is 12.7 Å². The van der Waals surface area contributed by atoms with Crippen LogP contribution in [0.15, 0.2) is 66.0 Å². The van der Waals surface area contributed by atoms with Crippen molar-refractivity contribution < 1.29 is 13.2 Å². The van der Waals surface area contributed by atoms with Gasteiger partial charge in [0.15, 0.2) is 11.5 Å². The number of hydrogen-bond acceptors (Lipinski definition) is 6. The summed E-state index contributed by atoms with van der Waals surface area (Å²) in [4.78, 5) is 30.1. The van der Waals surface area contributed by atoms with Crippen LogP contribution >= 0.6 is 0 Å². The van der Waals surface area contributed by atoms with Crippen LogP contribution in [0.4, 0.5) is 19.0 Å². The molecule has 0 spiro atoms. The molecule has 3 aromatic heterocycles. The van der Waals surface area contributed by atoms with Crippen molar-refractivity contribution in [3.63, 3.8) is 0 Å². The molecule has 0 amide bonds. The number of halogens is 3. The summed E-state index contributed by atoms with van der Waals surface area (Å²) < 4.78 is 43.8. The number of fused-ring (bicyclic) bond motifs is 2. The zero-order valence-electron chi connectivity index (χ0n) is 16.3. The number of nitrogen functional groups attached to an aromatic ring is 1. The third kappa shape index (κ3) is 3.14. The molecule has 5 rings (SSSR count). The van der Waals surface area contributed by atoms with Crippen LogP contribution in [0.25, 0.3) is 27.8 Å². The van der Waals surface area contributed by atoms with E-state index in [1.807, 2.05) is 0 Å². The number of imidazole rings is 1. The molecule has 0 fully saturated rings. The van der Waals surface area contributed by atoms with Crippen LogP contribution in [0.3, 0.4) is 0 Å². The number of benzene rings is 2. The van der Waals surface area contributed by atoms with Gasteiger partial charge in [0.2, 0.25) is 0 Å². The third-order valence-electron chi connectivity index (χ3n) is 5.04. The number of hydrogen-bond donors (Lipinski definition) is 1. The molecule has 0 atom stereocenters. The van der Waals surface area contributed by atoms with Gasteiger partial charge in [-0.25, -0.2) is 19.9 Å². The van der Waals surface area contributed by atoms with Gasteiger partial charge in [0.1, 0.15) is 17.7 Å². The van der Waals surface area contributed by atoms with Gasteiger partial charge in [-0.2, -0.15) is 13.2 Å². The maximum atomic E-state index is 13.8. The van der Waals surface area contributed by atoms with Gasteiger partial charge >= 0.3 is 6.18 Å². The molecular weight excluding hydrogens is 423 g/mol. The van der Waals surface area contributed by atoms with Crippen molar-refractivity contribution in [1.29, 1.82) is 0 Å². The minimum absolute atomic E-state index is 0.0702. The molecule has 2 N–H and O–H groups in total. The summed E-state index contributed by atoms with van der Waals surface area (Å²) in [5.74, 6) is 0.252. The SMILES string of the molecule is Nc1ncnc2c1ncn2Cc1nc2ccccc2c(=O)n1-c1ccccc1C(F)(F)F. The van der Waals surface area contributed by atoms with Crippen molar-refractivity contribution in [3.8, 4) is 5.69 Å². The Bertz CT molecular complexity index is 1540. The predicted molar refractivity (Wildman–Crippen MR) is 111 cm³/mol. The molecule has 160 valence electrons. The molecule has 0 bridgehead atoms. The van der Waals surface area contributed by atoms with E-state index in [-0.39, 0.29) is 29.3 Å². The van der Waals surface area contributed by atoms with Crippen molar-refractivity contribution in [2.75, 3.05) is 5.73 Å².